The summed E-state index contributed by atoms with van der Waals surface area (Å²) in [7, 11) is 1.76. The predicted molar refractivity (Wildman–Crippen MR) is 62.4 cm³/mol. The van der Waals surface area contributed by atoms with E-state index in [0.717, 1.165) is 18.4 Å². The fourth-order valence-corrected chi connectivity index (χ4v) is 1.63. The van der Waals surface area contributed by atoms with Gasteiger partial charge in [0.2, 0.25) is 0 Å². The van der Waals surface area contributed by atoms with Gasteiger partial charge in [-0.2, -0.15) is 0 Å². The molecule has 3 nitrogen and oxygen atoms in total. The van der Waals surface area contributed by atoms with Crippen LogP contribution < -0.4 is 4.74 Å². The van der Waals surface area contributed by atoms with Crippen LogP contribution in [-0.4, -0.2) is 30.5 Å². The van der Waals surface area contributed by atoms with Gasteiger partial charge < -0.3 is 9.64 Å². The summed E-state index contributed by atoms with van der Waals surface area (Å²) < 4.78 is 18.6. The maximum atomic E-state index is 13.3. The molecule has 0 bridgehead atoms. The molecular formula is C13H16FNO2. The lowest BCUT2D eigenvalue weighted by Gasteiger charge is -2.16. The number of hydrogen-bond acceptors (Lipinski definition) is 2. The number of amides is 1. The maximum Gasteiger partial charge on any atom is 0.260 e. The van der Waals surface area contributed by atoms with E-state index >= 15 is 0 Å². The molecular weight excluding hydrogens is 221 g/mol. The lowest BCUT2D eigenvalue weighted by Crippen LogP contribution is -2.33. The fraction of sp³-hybridized carbons (Fsp3) is 0.462. The first-order valence-corrected chi connectivity index (χ1v) is 5.72. The number of carbonyl (C=O) groups excluding carboxylic acids is 1. The highest BCUT2D eigenvalue weighted by Gasteiger charge is 2.29. The minimum atomic E-state index is -0.433. The highest BCUT2D eigenvalue weighted by molar-refractivity contribution is 5.78. The number of ether oxygens (including phenoxy) is 1. The molecule has 0 unspecified atom stereocenters. The molecule has 17 heavy (non-hydrogen) atoms. The minimum absolute atomic E-state index is 0.103. The number of aryl methyl sites for hydroxylation is 1. The van der Waals surface area contributed by atoms with Crippen LogP contribution in [0.1, 0.15) is 18.4 Å². The largest absolute Gasteiger partial charge is 0.481 e. The predicted octanol–water partition coefficient (Wildman–Crippen LogP) is 2.13. The van der Waals surface area contributed by atoms with Gasteiger partial charge in [-0.05, 0) is 37.5 Å². The minimum Gasteiger partial charge on any atom is -0.481 e. The average Bonchev–Trinajstić information content (AvgIpc) is 3.13. The van der Waals surface area contributed by atoms with Crippen LogP contribution in [0.4, 0.5) is 4.39 Å². The van der Waals surface area contributed by atoms with Crippen molar-refractivity contribution in [1.29, 1.82) is 0 Å². The van der Waals surface area contributed by atoms with E-state index in [0.29, 0.717) is 6.04 Å². The van der Waals surface area contributed by atoms with Crippen LogP contribution in [0.25, 0.3) is 0 Å². The van der Waals surface area contributed by atoms with E-state index < -0.39 is 5.82 Å². The quantitative estimate of drug-likeness (QED) is 0.803. The summed E-state index contributed by atoms with van der Waals surface area (Å²) >= 11 is 0. The highest BCUT2D eigenvalue weighted by atomic mass is 19.1. The van der Waals surface area contributed by atoms with Gasteiger partial charge in [0, 0.05) is 13.1 Å². The second-order valence-corrected chi connectivity index (χ2v) is 4.46. The zero-order valence-electron chi connectivity index (χ0n) is 10.1. The molecule has 0 heterocycles. The van der Waals surface area contributed by atoms with E-state index in [1.165, 1.54) is 6.07 Å². The number of likely N-dealkylation sites (N-methyl/N-ethyl adjacent to an activating group) is 1. The van der Waals surface area contributed by atoms with Crippen molar-refractivity contribution in [2.45, 2.75) is 25.8 Å². The zero-order chi connectivity index (χ0) is 12.4. The smallest absolute Gasteiger partial charge is 0.260 e. The summed E-state index contributed by atoms with van der Waals surface area (Å²) in [4.78, 5) is 13.3. The van der Waals surface area contributed by atoms with Gasteiger partial charge in [0.1, 0.15) is 0 Å². The van der Waals surface area contributed by atoms with Crippen molar-refractivity contribution < 1.29 is 13.9 Å². The Morgan fingerprint density at radius 1 is 1.53 bits per heavy atom. The molecule has 0 N–H and O–H groups in total. The summed E-state index contributed by atoms with van der Waals surface area (Å²) in [5.41, 5.74) is 0.907. The van der Waals surface area contributed by atoms with Gasteiger partial charge in [0.25, 0.3) is 5.91 Å². The molecule has 1 aromatic rings. The van der Waals surface area contributed by atoms with Crippen molar-refractivity contribution in [3.8, 4) is 5.75 Å². The number of hydrogen-bond donors (Lipinski definition) is 0. The van der Waals surface area contributed by atoms with Crippen molar-refractivity contribution in [2.75, 3.05) is 13.7 Å². The maximum absolute atomic E-state index is 13.3. The monoisotopic (exact) mass is 237 g/mol. The SMILES string of the molecule is Cc1ccc(F)c(OCC(=O)N(C)C2CC2)c1. The molecule has 0 saturated heterocycles. The van der Waals surface area contributed by atoms with Crippen molar-refractivity contribution in [1.82, 2.24) is 4.90 Å². The van der Waals surface area contributed by atoms with E-state index in [4.69, 9.17) is 4.74 Å². The Hall–Kier alpha value is -1.58. The number of rotatable bonds is 4. The van der Waals surface area contributed by atoms with Crippen LogP contribution in [-0.2, 0) is 4.79 Å². The van der Waals surface area contributed by atoms with E-state index in [-0.39, 0.29) is 18.3 Å². The fourth-order valence-electron chi connectivity index (χ4n) is 1.63. The third-order valence-electron chi connectivity index (χ3n) is 2.93. The van der Waals surface area contributed by atoms with Crippen molar-refractivity contribution in [3.63, 3.8) is 0 Å². The Balaban J connectivity index is 1.92. The molecule has 2 rings (SSSR count). The summed E-state index contributed by atoms with van der Waals surface area (Å²) in [5.74, 6) is -0.395. The highest BCUT2D eigenvalue weighted by Crippen LogP contribution is 2.25. The van der Waals surface area contributed by atoms with Crippen LogP contribution in [0.3, 0.4) is 0 Å². The summed E-state index contributed by atoms with van der Waals surface area (Å²) in [5, 5.41) is 0. The van der Waals surface area contributed by atoms with Crippen molar-refractivity contribution in [3.05, 3.63) is 29.6 Å². The molecule has 92 valence electrons. The third kappa shape index (κ3) is 2.96. The summed E-state index contributed by atoms with van der Waals surface area (Å²) in [6.45, 7) is 1.75. The normalized spacial score (nSPS) is 14.5. The topological polar surface area (TPSA) is 29.5 Å². The molecule has 0 aromatic heterocycles. The van der Waals surface area contributed by atoms with Crippen LogP contribution in [0, 0.1) is 12.7 Å². The lowest BCUT2D eigenvalue weighted by atomic mass is 10.2. The molecule has 1 amide bonds. The van der Waals surface area contributed by atoms with E-state index in [9.17, 15) is 9.18 Å². The molecule has 0 spiro atoms. The summed E-state index contributed by atoms with van der Waals surface area (Å²) in [6.07, 6.45) is 2.11. The molecule has 4 heteroatoms. The van der Waals surface area contributed by atoms with Crippen molar-refractivity contribution in [2.24, 2.45) is 0 Å². The number of halogens is 1. The second-order valence-electron chi connectivity index (χ2n) is 4.46. The van der Waals surface area contributed by atoms with Gasteiger partial charge in [-0.3, -0.25) is 4.79 Å². The number of carbonyl (C=O) groups is 1. The molecule has 0 atom stereocenters. The van der Waals surface area contributed by atoms with E-state index in [1.54, 1.807) is 24.1 Å². The molecule has 0 radical (unpaired) electrons. The number of benzene rings is 1. The first-order valence-electron chi connectivity index (χ1n) is 5.72. The van der Waals surface area contributed by atoms with E-state index in [1.807, 2.05) is 6.92 Å². The number of nitrogens with zero attached hydrogens (tertiary/aromatic N) is 1. The Kier molecular flexibility index (Phi) is 3.31. The standard InChI is InChI=1S/C13H16FNO2/c1-9-3-6-11(14)12(7-9)17-8-13(16)15(2)10-4-5-10/h3,6-7,10H,4-5,8H2,1-2H3. The first-order chi connectivity index (χ1) is 8.08. The average molecular weight is 237 g/mol. The van der Waals surface area contributed by atoms with Crippen molar-refractivity contribution >= 4 is 5.91 Å². The second kappa shape index (κ2) is 4.73. The van der Waals surface area contributed by atoms with Crippen LogP contribution in [0.5, 0.6) is 5.75 Å². The Bertz CT molecular complexity index is 429. The molecule has 1 aliphatic rings. The Labute approximate surface area is 100 Å². The third-order valence-corrected chi connectivity index (χ3v) is 2.93. The zero-order valence-corrected chi connectivity index (χ0v) is 10.1. The Morgan fingerprint density at radius 2 is 2.24 bits per heavy atom. The van der Waals surface area contributed by atoms with E-state index in [2.05, 4.69) is 0 Å². The van der Waals surface area contributed by atoms with Crippen LogP contribution in [0.2, 0.25) is 0 Å². The molecule has 1 fully saturated rings. The van der Waals surface area contributed by atoms with Crippen LogP contribution in [0.15, 0.2) is 18.2 Å². The van der Waals surface area contributed by atoms with Gasteiger partial charge in [-0.25, -0.2) is 4.39 Å². The van der Waals surface area contributed by atoms with Gasteiger partial charge >= 0.3 is 0 Å². The van der Waals surface area contributed by atoms with Gasteiger partial charge in [0.15, 0.2) is 18.2 Å². The first kappa shape index (κ1) is 11.9. The Morgan fingerprint density at radius 3 is 2.88 bits per heavy atom. The molecule has 1 aliphatic carbocycles. The van der Waals surface area contributed by atoms with Gasteiger partial charge in [0.05, 0.1) is 0 Å². The van der Waals surface area contributed by atoms with Gasteiger partial charge in [-0.15, -0.1) is 0 Å². The molecule has 1 saturated carbocycles. The van der Waals surface area contributed by atoms with Gasteiger partial charge in [-0.1, -0.05) is 6.07 Å². The summed E-state index contributed by atoms with van der Waals surface area (Å²) in [6, 6.07) is 4.97. The molecule has 0 aliphatic heterocycles. The lowest BCUT2D eigenvalue weighted by molar-refractivity contribution is -0.132. The van der Waals surface area contributed by atoms with Crippen LogP contribution >= 0.6 is 0 Å². The molecule has 1 aromatic carbocycles.